The Bertz CT molecular complexity index is 595. The Morgan fingerprint density at radius 3 is 2.84 bits per heavy atom. The zero-order chi connectivity index (χ0) is 13.2. The summed E-state index contributed by atoms with van der Waals surface area (Å²) in [5, 5.41) is 9.03. The molecule has 0 spiro atoms. The topological polar surface area (TPSA) is 29.5 Å². The largest absolute Gasteiger partial charge is 0.493 e. The van der Waals surface area contributed by atoms with Crippen LogP contribution in [-0.4, -0.2) is 11.7 Å². The van der Waals surface area contributed by atoms with Gasteiger partial charge in [-0.25, -0.2) is 4.39 Å². The molecule has 0 saturated heterocycles. The van der Waals surface area contributed by atoms with Gasteiger partial charge in [0.05, 0.1) is 13.2 Å². The molecule has 1 atom stereocenters. The first-order valence-corrected chi connectivity index (χ1v) is 6.37. The molecule has 2 aromatic rings. The highest BCUT2D eigenvalue weighted by atomic mass is 19.1. The molecule has 2 aromatic carbocycles. The fourth-order valence-corrected chi connectivity index (χ4v) is 2.50. The molecule has 98 valence electrons. The van der Waals surface area contributed by atoms with E-state index in [0.717, 1.165) is 6.42 Å². The predicted molar refractivity (Wildman–Crippen MR) is 70.7 cm³/mol. The summed E-state index contributed by atoms with van der Waals surface area (Å²) in [6, 6.07) is 12.6. The van der Waals surface area contributed by atoms with Crippen LogP contribution in [0.3, 0.4) is 0 Å². The van der Waals surface area contributed by atoms with Gasteiger partial charge in [-0.2, -0.15) is 0 Å². The quantitative estimate of drug-likeness (QED) is 0.913. The van der Waals surface area contributed by atoms with E-state index in [-0.39, 0.29) is 12.4 Å². The lowest BCUT2D eigenvalue weighted by Gasteiger charge is -2.29. The third-order valence-electron chi connectivity index (χ3n) is 3.53. The van der Waals surface area contributed by atoms with E-state index in [1.54, 1.807) is 6.07 Å². The van der Waals surface area contributed by atoms with E-state index >= 15 is 0 Å². The molecule has 1 aliphatic carbocycles. The Morgan fingerprint density at radius 1 is 1.21 bits per heavy atom. The van der Waals surface area contributed by atoms with Gasteiger partial charge in [-0.1, -0.05) is 24.3 Å². The normalized spacial score (nSPS) is 16.6. The van der Waals surface area contributed by atoms with E-state index in [1.807, 2.05) is 12.1 Å². The fraction of sp³-hybridized carbons (Fsp3) is 0.250. The van der Waals surface area contributed by atoms with Crippen LogP contribution in [0.15, 0.2) is 42.5 Å². The summed E-state index contributed by atoms with van der Waals surface area (Å²) in [6.07, 6.45) is 1.01. The summed E-state index contributed by atoms with van der Waals surface area (Å²) < 4.78 is 18.9. The molecule has 2 nitrogen and oxygen atoms in total. The smallest absolute Gasteiger partial charge is 0.127 e. The molecule has 0 saturated carbocycles. The van der Waals surface area contributed by atoms with Gasteiger partial charge in [0.15, 0.2) is 0 Å². The van der Waals surface area contributed by atoms with Gasteiger partial charge < -0.3 is 9.84 Å². The molecule has 0 amide bonds. The van der Waals surface area contributed by atoms with E-state index in [0.29, 0.717) is 23.8 Å². The first-order valence-electron chi connectivity index (χ1n) is 6.37. The number of aliphatic hydroxyl groups excluding tert-OH is 1. The van der Waals surface area contributed by atoms with E-state index in [4.69, 9.17) is 9.84 Å². The zero-order valence-corrected chi connectivity index (χ0v) is 10.5. The maximum Gasteiger partial charge on any atom is 0.127 e. The van der Waals surface area contributed by atoms with Crippen LogP contribution in [-0.2, 0) is 13.0 Å². The minimum absolute atomic E-state index is 0.180. The Kier molecular flexibility index (Phi) is 3.22. The first-order chi connectivity index (χ1) is 9.26. The van der Waals surface area contributed by atoms with Gasteiger partial charge in [0.2, 0.25) is 0 Å². The Hall–Kier alpha value is -1.87. The maximum absolute atomic E-state index is 13.3. The molecule has 1 N–H and O–H groups in total. The molecule has 3 rings (SSSR count). The van der Waals surface area contributed by atoms with Crippen molar-refractivity contribution in [1.82, 2.24) is 0 Å². The van der Waals surface area contributed by atoms with Crippen LogP contribution < -0.4 is 4.74 Å². The highest BCUT2D eigenvalue weighted by Crippen LogP contribution is 2.35. The van der Waals surface area contributed by atoms with Crippen molar-refractivity contribution in [3.63, 3.8) is 0 Å². The first kappa shape index (κ1) is 12.2. The highest BCUT2D eigenvalue weighted by Gasteiger charge is 2.25. The van der Waals surface area contributed by atoms with Crippen LogP contribution in [0.5, 0.6) is 5.75 Å². The number of ether oxygens (including phenoxy) is 1. The van der Waals surface area contributed by atoms with Gasteiger partial charge in [0, 0.05) is 12.0 Å². The second-order valence-corrected chi connectivity index (χ2v) is 4.86. The van der Waals surface area contributed by atoms with Crippen molar-refractivity contribution < 1.29 is 14.2 Å². The minimum Gasteiger partial charge on any atom is -0.493 e. The van der Waals surface area contributed by atoms with Crippen molar-refractivity contribution >= 4 is 0 Å². The Labute approximate surface area is 111 Å². The molecule has 0 radical (unpaired) electrons. The molecule has 3 heteroatoms. The SMILES string of the molecule is OCc1cc(F)cc(OCC2Cc3ccccc32)c1. The van der Waals surface area contributed by atoms with Gasteiger partial charge in [-0.15, -0.1) is 0 Å². The molecule has 0 fully saturated rings. The number of hydrogen-bond donors (Lipinski definition) is 1. The fourth-order valence-electron chi connectivity index (χ4n) is 2.50. The van der Waals surface area contributed by atoms with E-state index in [9.17, 15) is 4.39 Å². The van der Waals surface area contributed by atoms with Gasteiger partial charge >= 0.3 is 0 Å². The summed E-state index contributed by atoms with van der Waals surface area (Å²) in [6.45, 7) is 0.367. The molecule has 0 aliphatic heterocycles. The molecule has 0 heterocycles. The molecule has 1 aliphatic rings. The summed E-state index contributed by atoms with van der Waals surface area (Å²) in [4.78, 5) is 0. The third-order valence-corrected chi connectivity index (χ3v) is 3.53. The Balaban J connectivity index is 1.66. The lowest BCUT2D eigenvalue weighted by atomic mass is 9.78. The second kappa shape index (κ2) is 5.02. The van der Waals surface area contributed by atoms with E-state index in [1.165, 1.54) is 23.3 Å². The molecule has 0 bridgehead atoms. The number of aliphatic hydroxyl groups is 1. The molecular weight excluding hydrogens is 243 g/mol. The average Bonchev–Trinajstić information content (AvgIpc) is 2.39. The lowest BCUT2D eigenvalue weighted by molar-refractivity contribution is 0.267. The summed E-state index contributed by atoms with van der Waals surface area (Å²) in [5.74, 6) is 0.487. The van der Waals surface area contributed by atoms with Crippen molar-refractivity contribution in [2.45, 2.75) is 18.9 Å². The zero-order valence-electron chi connectivity index (χ0n) is 10.5. The van der Waals surface area contributed by atoms with Crippen molar-refractivity contribution in [3.05, 3.63) is 65.0 Å². The molecule has 19 heavy (non-hydrogen) atoms. The third kappa shape index (κ3) is 2.47. The van der Waals surface area contributed by atoms with Crippen LogP contribution in [0.2, 0.25) is 0 Å². The van der Waals surface area contributed by atoms with E-state index in [2.05, 4.69) is 12.1 Å². The molecule has 1 unspecified atom stereocenters. The summed E-state index contributed by atoms with van der Waals surface area (Å²) >= 11 is 0. The van der Waals surface area contributed by atoms with Crippen LogP contribution in [0, 0.1) is 5.82 Å². The average molecular weight is 258 g/mol. The van der Waals surface area contributed by atoms with Crippen molar-refractivity contribution in [3.8, 4) is 5.75 Å². The van der Waals surface area contributed by atoms with Gasteiger partial charge in [-0.3, -0.25) is 0 Å². The minimum atomic E-state index is -0.379. The van der Waals surface area contributed by atoms with Crippen molar-refractivity contribution in [1.29, 1.82) is 0 Å². The van der Waals surface area contributed by atoms with Crippen LogP contribution in [0.25, 0.3) is 0 Å². The summed E-state index contributed by atoms with van der Waals surface area (Å²) in [5.41, 5.74) is 3.22. The standard InChI is InChI=1S/C16H15FO2/c17-14-5-11(9-18)6-15(8-14)19-10-13-7-12-3-1-2-4-16(12)13/h1-6,8,13,18H,7,9-10H2. The second-order valence-electron chi connectivity index (χ2n) is 4.86. The lowest BCUT2D eigenvalue weighted by Crippen LogP contribution is -2.23. The monoisotopic (exact) mass is 258 g/mol. The highest BCUT2D eigenvalue weighted by molar-refractivity contribution is 5.40. The van der Waals surface area contributed by atoms with Gasteiger partial charge in [-0.05, 0) is 35.2 Å². The number of benzene rings is 2. The molecule has 0 aromatic heterocycles. The van der Waals surface area contributed by atoms with Crippen LogP contribution in [0.1, 0.15) is 22.6 Å². The van der Waals surface area contributed by atoms with Gasteiger partial charge in [0.1, 0.15) is 11.6 Å². The Morgan fingerprint density at radius 2 is 2.05 bits per heavy atom. The van der Waals surface area contributed by atoms with Crippen molar-refractivity contribution in [2.75, 3.05) is 6.61 Å². The number of hydrogen-bond acceptors (Lipinski definition) is 2. The van der Waals surface area contributed by atoms with Crippen molar-refractivity contribution in [2.24, 2.45) is 0 Å². The number of fused-ring (bicyclic) bond motifs is 1. The maximum atomic E-state index is 13.3. The van der Waals surface area contributed by atoms with Crippen LogP contribution in [0.4, 0.5) is 4.39 Å². The molecular formula is C16H15FO2. The predicted octanol–water partition coefficient (Wildman–Crippen LogP) is 3.04. The van der Waals surface area contributed by atoms with Gasteiger partial charge in [0.25, 0.3) is 0 Å². The van der Waals surface area contributed by atoms with Crippen LogP contribution >= 0.6 is 0 Å². The number of rotatable bonds is 4. The van der Waals surface area contributed by atoms with E-state index < -0.39 is 0 Å². The number of halogens is 1. The summed E-state index contributed by atoms with van der Waals surface area (Å²) in [7, 11) is 0.